The van der Waals surface area contributed by atoms with Gasteiger partial charge < -0.3 is 15.2 Å². The minimum absolute atomic E-state index is 0.116. The third kappa shape index (κ3) is 4.28. The molecule has 5 heteroatoms. The van der Waals surface area contributed by atoms with E-state index >= 15 is 0 Å². The molecule has 0 aliphatic carbocycles. The van der Waals surface area contributed by atoms with Gasteiger partial charge in [0.1, 0.15) is 11.5 Å². The van der Waals surface area contributed by atoms with Gasteiger partial charge in [0.05, 0.1) is 0 Å². The SMILES string of the molecule is Cc1cc(O)cc(OCC(=O)Nc2cccc(Br)c2)c1. The summed E-state index contributed by atoms with van der Waals surface area (Å²) in [6, 6.07) is 12.2. The summed E-state index contributed by atoms with van der Waals surface area (Å²) in [5.74, 6) is 0.323. The van der Waals surface area contributed by atoms with Crippen molar-refractivity contribution in [3.8, 4) is 11.5 Å². The van der Waals surface area contributed by atoms with E-state index in [0.29, 0.717) is 11.4 Å². The summed E-state index contributed by atoms with van der Waals surface area (Å²) < 4.78 is 6.24. The van der Waals surface area contributed by atoms with Crippen LogP contribution in [0.4, 0.5) is 5.69 Å². The third-order valence-electron chi connectivity index (χ3n) is 2.51. The van der Waals surface area contributed by atoms with E-state index in [4.69, 9.17) is 4.74 Å². The molecule has 0 radical (unpaired) electrons. The number of amides is 1. The lowest BCUT2D eigenvalue weighted by molar-refractivity contribution is -0.118. The second-order valence-corrected chi connectivity index (χ2v) is 5.27. The van der Waals surface area contributed by atoms with Gasteiger partial charge in [-0.25, -0.2) is 0 Å². The van der Waals surface area contributed by atoms with Crippen molar-refractivity contribution < 1.29 is 14.6 Å². The van der Waals surface area contributed by atoms with Crippen LogP contribution in [0.3, 0.4) is 0 Å². The molecule has 0 aromatic heterocycles. The predicted molar refractivity (Wildman–Crippen MR) is 81.1 cm³/mol. The molecule has 0 unspecified atom stereocenters. The van der Waals surface area contributed by atoms with Crippen molar-refractivity contribution >= 4 is 27.5 Å². The highest BCUT2D eigenvalue weighted by molar-refractivity contribution is 9.10. The number of rotatable bonds is 4. The molecular formula is C15H14BrNO3. The summed E-state index contributed by atoms with van der Waals surface area (Å²) in [4.78, 5) is 11.8. The molecule has 0 aliphatic rings. The van der Waals surface area contributed by atoms with Gasteiger partial charge in [0.2, 0.25) is 0 Å². The molecule has 1 amide bonds. The van der Waals surface area contributed by atoms with Crippen LogP contribution < -0.4 is 10.1 Å². The lowest BCUT2D eigenvalue weighted by atomic mass is 10.2. The first-order chi connectivity index (χ1) is 9.52. The van der Waals surface area contributed by atoms with Gasteiger partial charge in [0.25, 0.3) is 5.91 Å². The fraction of sp³-hybridized carbons (Fsp3) is 0.133. The first-order valence-corrected chi connectivity index (χ1v) is 6.81. The number of phenolic OH excluding ortho intramolecular Hbond substituents is 1. The number of aryl methyl sites for hydroxylation is 1. The Morgan fingerprint density at radius 2 is 2.10 bits per heavy atom. The summed E-state index contributed by atoms with van der Waals surface area (Å²) in [5, 5.41) is 12.2. The molecule has 0 spiro atoms. The van der Waals surface area contributed by atoms with Gasteiger partial charge in [0.15, 0.2) is 6.61 Å². The van der Waals surface area contributed by atoms with Gasteiger partial charge in [-0.2, -0.15) is 0 Å². The molecule has 0 fully saturated rings. The van der Waals surface area contributed by atoms with Crippen LogP contribution in [0.5, 0.6) is 11.5 Å². The molecule has 2 N–H and O–H groups in total. The predicted octanol–water partition coefficient (Wildman–Crippen LogP) is 3.48. The maximum atomic E-state index is 11.8. The van der Waals surface area contributed by atoms with Crippen molar-refractivity contribution in [1.29, 1.82) is 0 Å². The fourth-order valence-corrected chi connectivity index (χ4v) is 2.12. The Balaban J connectivity index is 1.92. The Labute approximate surface area is 125 Å². The maximum absolute atomic E-state index is 11.8. The molecule has 2 aromatic rings. The number of hydrogen-bond donors (Lipinski definition) is 2. The Hall–Kier alpha value is -2.01. The Kier molecular flexibility index (Phi) is 4.63. The zero-order chi connectivity index (χ0) is 14.5. The van der Waals surface area contributed by atoms with Gasteiger partial charge >= 0.3 is 0 Å². The van der Waals surface area contributed by atoms with Crippen LogP contribution in [-0.4, -0.2) is 17.6 Å². The molecule has 0 atom stereocenters. The number of carbonyl (C=O) groups is 1. The van der Waals surface area contributed by atoms with Gasteiger partial charge in [-0.05, 0) is 42.8 Å². The molecule has 0 heterocycles. The number of carbonyl (C=O) groups excluding carboxylic acids is 1. The minimum atomic E-state index is -0.260. The highest BCUT2D eigenvalue weighted by Gasteiger charge is 2.05. The zero-order valence-corrected chi connectivity index (χ0v) is 12.5. The molecule has 4 nitrogen and oxygen atoms in total. The second kappa shape index (κ2) is 6.43. The summed E-state index contributed by atoms with van der Waals surface area (Å²) in [6.45, 7) is 1.73. The van der Waals surface area contributed by atoms with E-state index in [-0.39, 0.29) is 18.3 Å². The molecule has 0 bridgehead atoms. The summed E-state index contributed by atoms with van der Waals surface area (Å²) in [5.41, 5.74) is 1.56. The fourth-order valence-electron chi connectivity index (χ4n) is 1.72. The van der Waals surface area contributed by atoms with Crippen LogP contribution in [0, 0.1) is 6.92 Å². The number of hydrogen-bond acceptors (Lipinski definition) is 3. The normalized spacial score (nSPS) is 10.1. The largest absolute Gasteiger partial charge is 0.508 e. The second-order valence-electron chi connectivity index (χ2n) is 4.35. The number of nitrogens with one attached hydrogen (secondary N) is 1. The average molecular weight is 336 g/mol. The number of ether oxygens (including phenoxy) is 1. The van der Waals surface area contributed by atoms with Crippen LogP contribution >= 0.6 is 15.9 Å². The molecule has 0 saturated heterocycles. The first-order valence-electron chi connectivity index (χ1n) is 6.02. The molecule has 2 aromatic carbocycles. The van der Waals surface area contributed by atoms with Crippen molar-refractivity contribution in [2.45, 2.75) is 6.92 Å². The van der Waals surface area contributed by atoms with Crippen molar-refractivity contribution in [3.05, 3.63) is 52.5 Å². The Bertz CT molecular complexity index is 608. The highest BCUT2D eigenvalue weighted by atomic mass is 79.9. The standard InChI is InChI=1S/C15H14BrNO3/c1-10-5-13(18)8-14(6-10)20-9-15(19)17-12-4-2-3-11(16)7-12/h2-8,18H,9H2,1H3,(H,17,19). The van der Waals surface area contributed by atoms with Crippen molar-refractivity contribution in [2.24, 2.45) is 0 Å². The summed E-state index contributed by atoms with van der Waals surface area (Å²) in [7, 11) is 0. The smallest absolute Gasteiger partial charge is 0.262 e. The number of anilines is 1. The summed E-state index contributed by atoms with van der Waals surface area (Å²) >= 11 is 3.33. The van der Waals surface area contributed by atoms with E-state index in [2.05, 4.69) is 21.2 Å². The monoisotopic (exact) mass is 335 g/mol. The quantitative estimate of drug-likeness (QED) is 0.899. The lowest BCUT2D eigenvalue weighted by Crippen LogP contribution is -2.20. The van der Waals surface area contributed by atoms with E-state index in [1.807, 2.05) is 19.1 Å². The van der Waals surface area contributed by atoms with Gasteiger partial charge in [-0.1, -0.05) is 22.0 Å². The van der Waals surface area contributed by atoms with Crippen LogP contribution in [0.25, 0.3) is 0 Å². The highest BCUT2D eigenvalue weighted by Crippen LogP contribution is 2.21. The topological polar surface area (TPSA) is 58.6 Å². The molecular weight excluding hydrogens is 322 g/mol. The van der Waals surface area contributed by atoms with E-state index < -0.39 is 0 Å². The average Bonchev–Trinajstić information content (AvgIpc) is 2.35. The minimum Gasteiger partial charge on any atom is -0.508 e. The van der Waals surface area contributed by atoms with E-state index in [9.17, 15) is 9.90 Å². The molecule has 20 heavy (non-hydrogen) atoms. The number of benzene rings is 2. The van der Waals surface area contributed by atoms with E-state index in [1.54, 1.807) is 24.3 Å². The number of aromatic hydroxyl groups is 1. The number of halogens is 1. The lowest BCUT2D eigenvalue weighted by Gasteiger charge is -2.08. The zero-order valence-electron chi connectivity index (χ0n) is 10.9. The van der Waals surface area contributed by atoms with Gasteiger partial charge in [-0.15, -0.1) is 0 Å². The maximum Gasteiger partial charge on any atom is 0.262 e. The van der Waals surface area contributed by atoms with Crippen LogP contribution in [0.2, 0.25) is 0 Å². The van der Waals surface area contributed by atoms with Crippen molar-refractivity contribution in [2.75, 3.05) is 11.9 Å². The third-order valence-corrected chi connectivity index (χ3v) is 3.01. The van der Waals surface area contributed by atoms with Crippen LogP contribution in [-0.2, 0) is 4.79 Å². The van der Waals surface area contributed by atoms with Crippen LogP contribution in [0.15, 0.2) is 46.9 Å². The molecule has 104 valence electrons. The van der Waals surface area contributed by atoms with Crippen LogP contribution in [0.1, 0.15) is 5.56 Å². The van der Waals surface area contributed by atoms with Gasteiger partial charge in [-0.3, -0.25) is 4.79 Å². The molecule has 0 saturated carbocycles. The number of phenols is 1. The first kappa shape index (κ1) is 14.4. The molecule has 0 aliphatic heterocycles. The molecule has 2 rings (SSSR count). The summed E-state index contributed by atoms with van der Waals surface area (Å²) in [6.07, 6.45) is 0. The van der Waals surface area contributed by atoms with E-state index in [0.717, 1.165) is 10.0 Å². The van der Waals surface area contributed by atoms with E-state index in [1.165, 1.54) is 6.07 Å². The Morgan fingerprint density at radius 1 is 1.30 bits per heavy atom. The Morgan fingerprint density at radius 3 is 2.80 bits per heavy atom. The van der Waals surface area contributed by atoms with Gasteiger partial charge in [0, 0.05) is 16.2 Å². The van der Waals surface area contributed by atoms with Crippen molar-refractivity contribution in [1.82, 2.24) is 0 Å². The van der Waals surface area contributed by atoms with Crippen molar-refractivity contribution in [3.63, 3.8) is 0 Å².